The highest BCUT2D eigenvalue weighted by Crippen LogP contribution is 2.68. The molecule has 37 heavy (non-hydrogen) atoms. The number of methoxy groups -OCH3 is 1. The molecule has 10 atom stereocenters. The fourth-order valence-electron chi connectivity index (χ4n) is 9.70. The molecule has 0 aromatic heterocycles. The first-order chi connectivity index (χ1) is 17.3. The van der Waals surface area contributed by atoms with E-state index in [0.29, 0.717) is 31.0 Å². The molecule has 2 saturated carbocycles. The largest absolute Gasteiger partial charge is 0.469 e. The lowest BCUT2D eigenvalue weighted by molar-refractivity contribution is -0.155. The zero-order valence-electron chi connectivity index (χ0n) is 23.5. The number of carbonyl (C=O) groups is 2. The summed E-state index contributed by atoms with van der Waals surface area (Å²) in [5, 5.41) is 22.6. The third-order valence-electron chi connectivity index (χ3n) is 11.5. The molecule has 6 nitrogen and oxygen atoms in total. The summed E-state index contributed by atoms with van der Waals surface area (Å²) in [5.74, 6) is 1.18. The third kappa shape index (κ3) is 4.17. The summed E-state index contributed by atoms with van der Waals surface area (Å²) in [6.45, 7) is 11.2. The van der Waals surface area contributed by atoms with Crippen LogP contribution in [0, 0.1) is 51.8 Å². The maximum absolute atomic E-state index is 12.8. The number of hydrogen-bond donors (Lipinski definition) is 2. The number of ketones is 1. The van der Waals surface area contributed by atoms with Gasteiger partial charge in [0.2, 0.25) is 0 Å². The third-order valence-corrected chi connectivity index (χ3v) is 11.5. The van der Waals surface area contributed by atoms with Crippen LogP contribution in [0.5, 0.6) is 0 Å². The monoisotopic (exact) mass is 514 g/mol. The molecule has 1 heterocycles. The smallest absolute Gasteiger partial charge is 0.306 e. The van der Waals surface area contributed by atoms with Crippen molar-refractivity contribution in [2.75, 3.05) is 13.7 Å². The number of carbonyl (C=O) groups excluding carboxylic acids is 2. The molecule has 1 aliphatic heterocycles. The van der Waals surface area contributed by atoms with Gasteiger partial charge in [0.1, 0.15) is 0 Å². The Labute approximate surface area is 221 Å². The van der Waals surface area contributed by atoms with E-state index in [4.69, 9.17) is 9.47 Å². The number of fused-ring (bicyclic) bond motifs is 5. The van der Waals surface area contributed by atoms with E-state index in [1.807, 2.05) is 0 Å². The summed E-state index contributed by atoms with van der Waals surface area (Å²) in [6.07, 6.45) is 8.09. The van der Waals surface area contributed by atoms with Gasteiger partial charge in [-0.3, -0.25) is 9.59 Å². The van der Waals surface area contributed by atoms with Crippen molar-refractivity contribution in [3.05, 3.63) is 23.3 Å². The van der Waals surface area contributed by atoms with Gasteiger partial charge in [0.05, 0.1) is 26.2 Å². The first-order valence-electron chi connectivity index (χ1n) is 14.3. The van der Waals surface area contributed by atoms with Crippen LogP contribution in [0.3, 0.4) is 0 Å². The molecule has 5 aliphatic rings. The van der Waals surface area contributed by atoms with Gasteiger partial charge in [-0.15, -0.1) is 0 Å². The summed E-state index contributed by atoms with van der Waals surface area (Å²) in [6, 6.07) is 0. The minimum Gasteiger partial charge on any atom is -0.469 e. The molecule has 6 heteroatoms. The first kappa shape index (κ1) is 27.1. The summed E-state index contributed by atoms with van der Waals surface area (Å²) in [4.78, 5) is 25.2. The Hall–Kier alpha value is -1.50. The topological polar surface area (TPSA) is 93.1 Å². The average Bonchev–Trinajstić information content (AvgIpc) is 3.36. The van der Waals surface area contributed by atoms with Crippen LogP contribution in [-0.2, 0) is 19.1 Å². The van der Waals surface area contributed by atoms with Gasteiger partial charge >= 0.3 is 5.97 Å². The van der Waals surface area contributed by atoms with Gasteiger partial charge in [-0.1, -0.05) is 52.3 Å². The Morgan fingerprint density at radius 2 is 1.95 bits per heavy atom. The van der Waals surface area contributed by atoms with Gasteiger partial charge in [-0.05, 0) is 71.7 Å². The lowest BCUT2D eigenvalue weighted by atomic mass is 9.43. The number of esters is 1. The molecule has 0 amide bonds. The van der Waals surface area contributed by atoms with Crippen molar-refractivity contribution in [2.24, 2.45) is 51.8 Å². The van der Waals surface area contributed by atoms with E-state index in [1.165, 1.54) is 12.7 Å². The van der Waals surface area contributed by atoms with E-state index in [2.05, 4.69) is 46.8 Å². The van der Waals surface area contributed by atoms with Crippen LogP contribution in [0.2, 0.25) is 0 Å². The van der Waals surface area contributed by atoms with Crippen molar-refractivity contribution in [3.8, 4) is 0 Å². The van der Waals surface area contributed by atoms with Crippen molar-refractivity contribution >= 4 is 11.8 Å². The predicted octanol–water partition coefficient (Wildman–Crippen LogP) is 4.83. The number of aliphatic hydroxyl groups is 2. The van der Waals surface area contributed by atoms with Gasteiger partial charge in [-0.2, -0.15) is 0 Å². The van der Waals surface area contributed by atoms with Crippen LogP contribution in [0.25, 0.3) is 0 Å². The fraction of sp³-hybridized carbons (Fsp3) is 0.806. The van der Waals surface area contributed by atoms with E-state index in [0.717, 1.165) is 24.8 Å². The van der Waals surface area contributed by atoms with Crippen molar-refractivity contribution < 1.29 is 29.3 Å². The standard InChI is InChI=1S/C31H46O6/c1-17(2)19-11-18(12-23(19)32)20-7-8-21-28-22(9-10-30(20,21)4)31(5)15-27(35)37-16-29(3,14-26(34)36-6)25(31)13-24(28)33/h8,11,17-18,20,22,24-25,27-28,33,35H,7,9-10,12-16H2,1-6H3/t18-,20-,22-,24+,25-,27-,28-,29-,30-,31+/m0/s1. The molecule has 1 saturated heterocycles. The number of Topliss-reactive ketones (excluding diaryl/α,β-unsaturated/α-hetero) is 1. The van der Waals surface area contributed by atoms with Crippen molar-refractivity contribution in [3.63, 3.8) is 0 Å². The molecule has 2 N–H and O–H groups in total. The van der Waals surface area contributed by atoms with Gasteiger partial charge < -0.3 is 19.7 Å². The summed E-state index contributed by atoms with van der Waals surface area (Å²) in [5.41, 5.74) is 1.52. The SMILES string of the molecule is COC(=O)C[C@@]1(C)CO[C@H](O)C[C@]2(C)[C@H]3CC[C@]4(C)C(=CC[C@H]4[C@H]4C=C(C(C)C)C(=O)C4)[C@@H]3[C@H](O)C[C@@H]12. The van der Waals surface area contributed by atoms with E-state index < -0.39 is 17.8 Å². The van der Waals surface area contributed by atoms with Crippen LogP contribution in [0.4, 0.5) is 0 Å². The molecule has 0 radical (unpaired) electrons. The number of hydrogen-bond acceptors (Lipinski definition) is 6. The molecule has 3 fully saturated rings. The van der Waals surface area contributed by atoms with E-state index in [9.17, 15) is 19.8 Å². The zero-order chi connectivity index (χ0) is 26.9. The highest BCUT2D eigenvalue weighted by atomic mass is 16.6. The molecule has 0 aromatic carbocycles. The Bertz CT molecular complexity index is 1010. The lowest BCUT2D eigenvalue weighted by Gasteiger charge is -2.61. The Morgan fingerprint density at radius 1 is 1.22 bits per heavy atom. The summed E-state index contributed by atoms with van der Waals surface area (Å²) >= 11 is 0. The Balaban J connectivity index is 1.47. The van der Waals surface area contributed by atoms with E-state index in [1.54, 1.807) is 0 Å². The molecule has 0 spiro atoms. The van der Waals surface area contributed by atoms with Crippen LogP contribution in [-0.4, -0.2) is 48.1 Å². The van der Waals surface area contributed by atoms with E-state index >= 15 is 0 Å². The van der Waals surface area contributed by atoms with Gasteiger partial charge in [-0.25, -0.2) is 0 Å². The quantitative estimate of drug-likeness (QED) is 0.412. The molecule has 206 valence electrons. The van der Waals surface area contributed by atoms with Crippen molar-refractivity contribution in [1.82, 2.24) is 0 Å². The first-order valence-corrected chi connectivity index (χ1v) is 14.3. The normalized spacial score (nSPS) is 47.5. The highest BCUT2D eigenvalue weighted by molar-refractivity contribution is 5.98. The fourth-order valence-corrected chi connectivity index (χ4v) is 9.70. The zero-order valence-corrected chi connectivity index (χ0v) is 23.5. The number of aliphatic hydroxyl groups excluding tert-OH is 2. The minimum absolute atomic E-state index is 0.0265. The molecule has 0 unspecified atom stereocenters. The van der Waals surface area contributed by atoms with Gasteiger partial charge in [0.15, 0.2) is 12.1 Å². The minimum atomic E-state index is -0.884. The molecular formula is C31H46O6. The van der Waals surface area contributed by atoms with Crippen LogP contribution in [0.15, 0.2) is 23.3 Å². The highest BCUT2D eigenvalue weighted by Gasteiger charge is 2.64. The molecule has 4 aliphatic carbocycles. The number of ether oxygens (including phenoxy) is 2. The summed E-state index contributed by atoms with van der Waals surface area (Å²) in [7, 11) is 1.41. The maximum atomic E-state index is 12.8. The molecule has 0 bridgehead atoms. The Morgan fingerprint density at radius 3 is 2.59 bits per heavy atom. The second-order valence-corrected chi connectivity index (χ2v) is 13.9. The molecule has 5 rings (SSSR count). The van der Waals surface area contributed by atoms with Gasteiger partial charge in [0.25, 0.3) is 0 Å². The number of rotatable bonds is 4. The second kappa shape index (κ2) is 9.31. The van der Waals surface area contributed by atoms with Crippen molar-refractivity contribution in [1.29, 1.82) is 0 Å². The van der Waals surface area contributed by atoms with Gasteiger partial charge in [0, 0.05) is 24.2 Å². The predicted molar refractivity (Wildman–Crippen MR) is 140 cm³/mol. The summed E-state index contributed by atoms with van der Waals surface area (Å²) < 4.78 is 10.9. The lowest BCUT2D eigenvalue weighted by Crippen LogP contribution is -2.58. The second-order valence-electron chi connectivity index (χ2n) is 13.9. The maximum Gasteiger partial charge on any atom is 0.306 e. The van der Waals surface area contributed by atoms with Crippen molar-refractivity contribution in [2.45, 2.75) is 92.0 Å². The van der Waals surface area contributed by atoms with Crippen LogP contribution in [0.1, 0.15) is 79.6 Å². The number of allylic oxidation sites excluding steroid dienone is 3. The Kier molecular flexibility index (Phi) is 6.81. The van der Waals surface area contributed by atoms with E-state index in [-0.39, 0.29) is 59.4 Å². The molecule has 0 aromatic rings. The molecular weight excluding hydrogens is 468 g/mol. The van der Waals surface area contributed by atoms with Crippen LogP contribution < -0.4 is 0 Å². The average molecular weight is 515 g/mol. The van der Waals surface area contributed by atoms with Crippen LogP contribution >= 0.6 is 0 Å².